The van der Waals surface area contributed by atoms with Gasteiger partial charge in [0.2, 0.25) is 0 Å². The van der Waals surface area contributed by atoms with Gasteiger partial charge in [0.05, 0.1) is 0 Å². The Hall–Kier alpha value is -0.780. The van der Waals surface area contributed by atoms with Gasteiger partial charge in [-0.15, -0.1) is 6.58 Å². The monoisotopic (exact) mass is 178 g/mol. The fourth-order valence-electron chi connectivity index (χ4n) is 1.00. The first-order valence-electron chi connectivity index (χ1n) is 5.23. The standard InChI is InChI=1S/C13H22/c1-4-6-7-8-9-10-11-12-13(3)5-2/h5-7,10-11,13H,2,4,8-9,12H2,1,3H3/b7-6-,11-10-. The van der Waals surface area contributed by atoms with Crippen LogP contribution in [0.5, 0.6) is 0 Å². The van der Waals surface area contributed by atoms with Crippen LogP contribution in [0.4, 0.5) is 0 Å². The zero-order valence-corrected chi connectivity index (χ0v) is 9.00. The van der Waals surface area contributed by atoms with E-state index in [1.807, 2.05) is 6.08 Å². The van der Waals surface area contributed by atoms with Crippen molar-refractivity contribution in [1.29, 1.82) is 0 Å². The predicted molar refractivity (Wildman–Crippen MR) is 61.8 cm³/mol. The molecule has 0 fully saturated rings. The molecule has 0 amide bonds. The minimum Gasteiger partial charge on any atom is -0.103 e. The third-order valence-corrected chi connectivity index (χ3v) is 1.98. The molecule has 0 aromatic carbocycles. The largest absolute Gasteiger partial charge is 0.103 e. The van der Waals surface area contributed by atoms with Crippen molar-refractivity contribution >= 4 is 0 Å². The Morgan fingerprint density at radius 2 is 1.69 bits per heavy atom. The van der Waals surface area contributed by atoms with Gasteiger partial charge in [0.25, 0.3) is 0 Å². The summed E-state index contributed by atoms with van der Waals surface area (Å²) in [4.78, 5) is 0. The van der Waals surface area contributed by atoms with Crippen LogP contribution in [-0.2, 0) is 0 Å². The van der Waals surface area contributed by atoms with E-state index in [4.69, 9.17) is 0 Å². The fourth-order valence-corrected chi connectivity index (χ4v) is 1.00. The molecular weight excluding hydrogens is 156 g/mol. The Balaban J connectivity index is 3.31. The van der Waals surface area contributed by atoms with Gasteiger partial charge in [-0.05, 0) is 31.6 Å². The van der Waals surface area contributed by atoms with Gasteiger partial charge in [-0.2, -0.15) is 0 Å². The van der Waals surface area contributed by atoms with Crippen LogP contribution in [-0.4, -0.2) is 0 Å². The summed E-state index contributed by atoms with van der Waals surface area (Å²) in [6, 6.07) is 0. The topological polar surface area (TPSA) is 0 Å². The Morgan fingerprint density at radius 1 is 1.08 bits per heavy atom. The first kappa shape index (κ1) is 12.2. The van der Waals surface area contributed by atoms with Gasteiger partial charge in [0, 0.05) is 0 Å². The minimum absolute atomic E-state index is 0.613. The van der Waals surface area contributed by atoms with E-state index in [-0.39, 0.29) is 0 Å². The average Bonchev–Trinajstić information content (AvgIpc) is 2.16. The molecule has 0 nitrogen and oxygen atoms in total. The predicted octanol–water partition coefficient (Wildman–Crippen LogP) is 4.50. The number of unbranched alkanes of at least 4 members (excludes halogenated alkanes) is 1. The van der Waals surface area contributed by atoms with E-state index < -0.39 is 0 Å². The normalized spacial score (nSPS) is 14.0. The molecule has 74 valence electrons. The van der Waals surface area contributed by atoms with Crippen molar-refractivity contribution in [3.05, 3.63) is 37.0 Å². The molecule has 0 aliphatic carbocycles. The highest BCUT2D eigenvalue weighted by Gasteiger charge is 1.88. The molecule has 0 N–H and O–H groups in total. The third kappa shape index (κ3) is 9.13. The summed E-state index contributed by atoms with van der Waals surface area (Å²) in [6.45, 7) is 8.11. The molecule has 0 radical (unpaired) electrons. The molecule has 0 rings (SSSR count). The van der Waals surface area contributed by atoms with Crippen molar-refractivity contribution in [3.8, 4) is 0 Å². The highest BCUT2D eigenvalue weighted by Crippen LogP contribution is 2.04. The zero-order valence-electron chi connectivity index (χ0n) is 9.00. The molecule has 13 heavy (non-hydrogen) atoms. The van der Waals surface area contributed by atoms with Gasteiger partial charge in [-0.25, -0.2) is 0 Å². The van der Waals surface area contributed by atoms with E-state index >= 15 is 0 Å². The Morgan fingerprint density at radius 3 is 2.23 bits per heavy atom. The SMILES string of the molecule is C=CC(C)C/C=C\CC/C=C\CC. The summed E-state index contributed by atoms with van der Waals surface area (Å²) in [6.07, 6.45) is 15.6. The van der Waals surface area contributed by atoms with Crippen LogP contribution in [0, 0.1) is 5.92 Å². The molecule has 0 spiro atoms. The summed E-state index contributed by atoms with van der Waals surface area (Å²) < 4.78 is 0. The van der Waals surface area contributed by atoms with Crippen molar-refractivity contribution in [3.63, 3.8) is 0 Å². The van der Waals surface area contributed by atoms with Crippen molar-refractivity contribution in [2.24, 2.45) is 5.92 Å². The quantitative estimate of drug-likeness (QED) is 0.397. The third-order valence-electron chi connectivity index (χ3n) is 1.98. The lowest BCUT2D eigenvalue weighted by Gasteiger charge is -1.97. The second-order valence-corrected chi connectivity index (χ2v) is 3.38. The summed E-state index contributed by atoms with van der Waals surface area (Å²) in [5.74, 6) is 0.613. The molecule has 0 saturated heterocycles. The number of allylic oxidation sites excluding steroid dienone is 5. The summed E-state index contributed by atoms with van der Waals surface area (Å²) in [7, 11) is 0. The lowest BCUT2D eigenvalue weighted by atomic mass is 10.1. The highest BCUT2D eigenvalue weighted by atomic mass is 13.9. The molecule has 0 heteroatoms. The van der Waals surface area contributed by atoms with E-state index in [0.29, 0.717) is 5.92 Å². The van der Waals surface area contributed by atoms with E-state index in [1.54, 1.807) is 0 Å². The second kappa shape index (κ2) is 9.31. The van der Waals surface area contributed by atoms with Crippen molar-refractivity contribution in [1.82, 2.24) is 0 Å². The first-order chi connectivity index (χ1) is 6.31. The van der Waals surface area contributed by atoms with Crippen LogP contribution < -0.4 is 0 Å². The molecule has 0 aliphatic heterocycles. The molecule has 0 saturated carbocycles. The number of hydrogen-bond donors (Lipinski definition) is 0. The summed E-state index contributed by atoms with van der Waals surface area (Å²) in [5, 5.41) is 0. The Labute approximate surface area is 83.0 Å². The fraction of sp³-hybridized carbons (Fsp3) is 0.538. The van der Waals surface area contributed by atoms with Crippen LogP contribution in [0.2, 0.25) is 0 Å². The molecular formula is C13H22. The Kier molecular flexibility index (Phi) is 8.75. The lowest BCUT2D eigenvalue weighted by molar-refractivity contribution is 0.744. The first-order valence-corrected chi connectivity index (χ1v) is 5.23. The molecule has 0 aliphatic rings. The zero-order chi connectivity index (χ0) is 9.94. The van der Waals surface area contributed by atoms with Gasteiger partial charge < -0.3 is 0 Å². The summed E-state index contributed by atoms with van der Waals surface area (Å²) >= 11 is 0. The van der Waals surface area contributed by atoms with Gasteiger partial charge in [0.15, 0.2) is 0 Å². The van der Waals surface area contributed by atoms with Gasteiger partial charge in [-0.1, -0.05) is 44.2 Å². The maximum atomic E-state index is 3.75. The molecule has 0 aromatic heterocycles. The molecule has 0 aromatic rings. The van der Waals surface area contributed by atoms with E-state index in [9.17, 15) is 0 Å². The minimum atomic E-state index is 0.613. The molecule has 0 bridgehead atoms. The summed E-state index contributed by atoms with van der Waals surface area (Å²) in [5.41, 5.74) is 0. The molecule has 1 atom stereocenters. The second-order valence-electron chi connectivity index (χ2n) is 3.38. The van der Waals surface area contributed by atoms with E-state index in [1.165, 1.54) is 12.8 Å². The maximum absolute atomic E-state index is 3.75. The maximum Gasteiger partial charge on any atom is -0.0230 e. The van der Waals surface area contributed by atoms with Gasteiger partial charge in [0.1, 0.15) is 0 Å². The van der Waals surface area contributed by atoms with Crippen molar-refractivity contribution < 1.29 is 0 Å². The highest BCUT2D eigenvalue weighted by molar-refractivity contribution is 4.90. The van der Waals surface area contributed by atoms with Crippen LogP contribution in [0.25, 0.3) is 0 Å². The van der Waals surface area contributed by atoms with Crippen LogP contribution in [0.1, 0.15) is 39.5 Å². The van der Waals surface area contributed by atoms with Crippen molar-refractivity contribution in [2.45, 2.75) is 39.5 Å². The van der Waals surface area contributed by atoms with Crippen LogP contribution in [0.3, 0.4) is 0 Å². The Bertz CT molecular complexity index is 163. The van der Waals surface area contributed by atoms with Crippen LogP contribution in [0.15, 0.2) is 37.0 Å². The number of rotatable bonds is 7. The molecule has 0 heterocycles. The van der Waals surface area contributed by atoms with Crippen LogP contribution >= 0.6 is 0 Å². The lowest BCUT2D eigenvalue weighted by Crippen LogP contribution is -1.83. The van der Waals surface area contributed by atoms with E-state index in [2.05, 4.69) is 44.7 Å². The smallest absolute Gasteiger partial charge is 0.0230 e. The average molecular weight is 178 g/mol. The number of hydrogen-bond acceptors (Lipinski definition) is 0. The molecule has 1 unspecified atom stereocenters. The van der Waals surface area contributed by atoms with Gasteiger partial charge >= 0.3 is 0 Å². The van der Waals surface area contributed by atoms with E-state index in [0.717, 1.165) is 12.8 Å². The van der Waals surface area contributed by atoms with Crippen molar-refractivity contribution in [2.75, 3.05) is 0 Å². The van der Waals surface area contributed by atoms with Gasteiger partial charge in [-0.3, -0.25) is 0 Å².